The molecule has 0 saturated carbocycles. The minimum Gasteiger partial charge on any atom is -0.335 e. The predicted octanol–water partition coefficient (Wildman–Crippen LogP) is 3.77. The van der Waals surface area contributed by atoms with Gasteiger partial charge in [-0.05, 0) is 55.0 Å². The van der Waals surface area contributed by atoms with Crippen LogP contribution >= 0.6 is 0 Å². The van der Waals surface area contributed by atoms with Crippen molar-refractivity contribution in [3.8, 4) is 5.69 Å². The number of benzene rings is 1. The van der Waals surface area contributed by atoms with Gasteiger partial charge in [0.25, 0.3) is 11.5 Å². The highest BCUT2D eigenvalue weighted by molar-refractivity contribution is 5.95. The van der Waals surface area contributed by atoms with Gasteiger partial charge in [-0.25, -0.2) is 4.98 Å². The fraction of sp³-hybridized carbons (Fsp3) is 0.375. The van der Waals surface area contributed by atoms with E-state index in [0.717, 1.165) is 29.7 Å². The van der Waals surface area contributed by atoms with E-state index in [4.69, 9.17) is 0 Å². The minimum absolute atomic E-state index is 0.0726. The fourth-order valence-electron chi connectivity index (χ4n) is 4.20. The lowest BCUT2D eigenvalue weighted by molar-refractivity contribution is 0.0721. The quantitative estimate of drug-likeness (QED) is 0.650. The molecule has 2 aromatic heterocycles. The molecule has 0 aliphatic carbocycles. The first kappa shape index (κ1) is 20.1. The number of imidazole rings is 1. The maximum absolute atomic E-state index is 13.5. The lowest BCUT2D eigenvalue weighted by Gasteiger charge is -2.25. The van der Waals surface area contributed by atoms with E-state index >= 15 is 0 Å². The molecule has 1 aliphatic rings. The summed E-state index contributed by atoms with van der Waals surface area (Å²) in [5.74, 6) is 0.190. The fourth-order valence-corrected chi connectivity index (χ4v) is 4.20. The van der Waals surface area contributed by atoms with Gasteiger partial charge in [-0.1, -0.05) is 26.0 Å². The lowest BCUT2D eigenvalue weighted by atomic mass is 10.0. The number of amides is 1. The largest absolute Gasteiger partial charge is 0.335 e. The average molecular weight is 405 g/mol. The monoisotopic (exact) mass is 404 g/mol. The van der Waals surface area contributed by atoms with Crippen molar-refractivity contribution in [2.45, 2.75) is 52.1 Å². The van der Waals surface area contributed by atoms with Crippen LogP contribution in [0.15, 0.2) is 60.0 Å². The molecule has 4 rings (SSSR count). The van der Waals surface area contributed by atoms with Gasteiger partial charge in [0.05, 0.1) is 12.4 Å². The van der Waals surface area contributed by atoms with E-state index in [-0.39, 0.29) is 23.1 Å². The summed E-state index contributed by atoms with van der Waals surface area (Å²) in [4.78, 5) is 32.8. The van der Waals surface area contributed by atoms with E-state index in [1.807, 2.05) is 46.9 Å². The van der Waals surface area contributed by atoms with Gasteiger partial charge in [-0.3, -0.25) is 14.2 Å². The third kappa shape index (κ3) is 3.82. The third-order valence-electron chi connectivity index (χ3n) is 5.95. The average Bonchev–Trinajstić information content (AvgIpc) is 3.40. The van der Waals surface area contributed by atoms with Gasteiger partial charge in [-0.15, -0.1) is 0 Å². The Morgan fingerprint density at radius 2 is 2.07 bits per heavy atom. The Morgan fingerprint density at radius 3 is 2.80 bits per heavy atom. The van der Waals surface area contributed by atoms with E-state index in [2.05, 4.69) is 24.9 Å². The number of nitrogens with zero attached hydrogens (tertiary/aromatic N) is 4. The van der Waals surface area contributed by atoms with Crippen LogP contribution in [0.1, 0.15) is 54.1 Å². The predicted molar refractivity (Wildman–Crippen MR) is 117 cm³/mol. The first-order valence-electron chi connectivity index (χ1n) is 10.5. The summed E-state index contributed by atoms with van der Waals surface area (Å²) in [5, 5.41) is 0. The highest BCUT2D eigenvalue weighted by Crippen LogP contribution is 2.23. The zero-order valence-electron chi connectivity index (χ0n) is 17.8. The number of carbonyl (C=O) groups excluding carboxylic acids is 1. The Kier molecular flexibility index (Phi) is 5.57. The molecule has 1 aliphatic heterocycles. The molecule has 30 heavy (non-hydrogen) atoms. The maximum atomic E-state index is 13.5. The zero-order chi connectivity index (χ0) is 21.3. The van der Waals surface area contributed by atoms with Crippen LogP contribution in [0, 0.1) is 6.92 Å². The van der Waals surface area contributed by atoms with Crippen LogP contribution in [-0.2, 0) is 6.54 Å². The Labute approximate surface area is 176 Å². The molecular formula is C24H28N4O2. The molecule has 1 amide bonds. The molecule has 156 valence electrons. The second-order valence-electron chi connectivity index (χ2n) is 8.35. The summed E-state index contributed by atoms with van der Waals surface area (Å²) in [7, 11) is 0. The van der Waals surface area contributed by atoms with Gasteiger partial charge in [0.2, 0.25) is 0 Å². The van der Waals surface area contributed by atoms with Crippen molar-refractivity contribution in [2.75, 3.05) is 6.54 Å². The molecular weight excluding hydrogens is 376 g/mol. The van der Waals surface area contributed by atoms with Crippen molar-refractivity contribution in [3.63, 3.8) is 0 Å². The highest BCUT2D eigenvalue weighted by atomic mass is 16.2. The van der Waals surface area contributed by atoms with Crippen molar-refractivity contribution in [1.29, 1.82) is 0 Å². The number of rotatable bonds is 5. The number of hydrogen-bond donors (Lipinski definition) is 0. The number of hydrogen-bond acceptors (Lipinski definition) is 3. The Morgan fingerprint density at radius 1 is 1.23 bits per heavy atom. The number of likely N-dealkylation sites (tertiary alicyclic amines) is 1. The summed E-state index contributed by atoms with van der Waals surface area (Å²) in [6.07, 6.45) is 9.06. The van der Waals surface area contributed by atoms with Crippen molar-refractivity contribution in [2.24, 2.45) is 0 Å². The number of pyridine rings is 1. The minimum atomic E-state index is -0.255. The van der Waals surface area contributed by atoms with Gasteiger partial charge in [0.15, 0.2) is 0 Å². The van der Waals surface area contributed by atoms with E-state index in [9.17, 15) is 9.59 Å². The molecule has 1 fully saturated rings. The topological polar surface area (TPSA) is 60.1 Å². The highest BCUT2D eigenvalue weighted by Gasteiger charge is 2.32. The van der Waals surface area contributed by atoms with Crippen LogP contribution in [0.5, 0.6) is 0 Å². The molecule has 1 saturated heterocycles. The smallest absolute Gasteiger partial charge is 0.268 e. The van der Waals surface area contributed by atoms with E-state index < -0.39 is 0 Å². The van der Waals surface area contributed by atoms with Crippen LogP contribution in [0.25, 0.3) is 5.69 Å². The molecule has 6 nitrogen and oxygen atoms in total. The van der Waals surface area contributed by atoms with Gasteiger partial charge in [-0.2, -0.15) is 0 Å². The summed E-state index contributed by atoms with van der Waals surface area (Å²) >= 11 is 0. The molecule has 0 N–H and O–H groups in total. The van der Waals surface area contributed by atoms with Crippen molar-refractivity contribution >= 4 is 5.91 Å². The normalized spacial score (nSPS) is 16.4. The van der Waals surface area contributed by atoms with Crippen molar-refractivity contribution in [3.05, 3.63) is 82.3 Å². The molecule has 3 heterocycles. The van der Waals surface area contributed by atoms with E-state index in [1.165, 1.54) is 0 Å². The van der Waals surface area contributed by atoms with Crippen molar-refractivity contribution in [1.82, 2.24) is 19.0 Å². The summed E-state index contributed by atoms with van der Waals surface area (Å²) in [6.45, 7) is 7.46. The SMILES string of the molecule is Cc1ccn(-c2cccc(C(C)C)c2)c(=O)c1C(=O)N1CCCC1Cn1ccnc1. The molecule has 0 bridgehead atoms. The van der Waals surface area contributed by atoms with Crippen LogP contribution < -0.4 is 5.56 Å². The first-order chi connectivity index (χ1) is 14.5. The summed E-state index contributed by atoms with van der Waals surface area (Å²) < 4.78 is 3.58. The number of carbonyl (C=O) groups is 1. The summed E-state index contributed by atoms with van der Waals surface area (Å²) in [6, 6.07) is 9.88. The summed E-state index contributed by atoms with van der Waals surface area (Å²) in [5.41, 5.74) is 2.68. The Hall–Kier alpha value is -3.15. The zero-order valence-corrected chi connectivity index (χ0v) is 17.8. The first-order valence-corrected chi connectivity index (χ1v) is 10.5. The second-order valence-corrected chi connectivity index (χ2v) is 8.35. The molecule has 0 spiro atoms. The van der Waals surface area contributed by atoms with E-state index in [1.54, 1.807) is 23.3 Å². The molecule has 1 unspecified atom stereocenters. The maximum Gasteiger partial charge on any atom is 0.268 e. The Balaban J connectivity index is 1.69. The molecule has 6 heteroatoms. The number of aryl methyl sites for hydroxylation is 1. The molecule has 1 aromatic carbocycles. The van der Waals surface area contributed by atoms with Crippen LogP contribution in [0.2, 0.25) is 0 Å². The van der Waals surface area contributed by atoms with Gasteiger partial charge >= 0.3 is 0 Å². The standard InChI is InChI=1S/C24H28N4O2/c1-17(2)19-6-4-7-20(14-19)28-12-9-18(3)22(24(28)30)23(29)27-11-5-8-21(27)15-26-13-10-25-16-26/h4,6-7,9-10,12-14,16-17,21H,5,8,11,15H2,1-3H3. The molecule has 1 atom stereocenters. The van der Waals surface area contributed by atoms with Crippen LogP contribution in [0.3, 0.4) is 0 Å². The molecule has 0 radical (unpaired) electrons. The van der Waals surface area contributed by atoms with Gasteiger partial charge in [0.1, 0.15) is 5.56 Å². The third-order valence-corrected chi connectivity index (χ3v) is 5.95. The Bertz CT molecular complexity index is 1100. The number of aromatic nitrogens is 3. The van der Waals surface area contributed by atoms with Gasteiger partial charge < -0.3 is 9.47 Å². The second kappa shape index (κ2) is 8.30. The van der Waals surface area contributed by atoms with Gasteiger partial charge in [0, 0.05) is 37.4 Å². The lowest BCUT2D eigenvalue weighted by Crippen LogP contribution is -2.41. The van der Waals surface area contributed by atoms with Crippen LogP contribution in [-0.4, -0.2) is 37.5 Å². The van der Waals surface area contributed by atoms with E-state index in [0.29, 0.717) is 19.0 Å². The van der Waals surface area contributed by atoms with Crippen LogP contribution in [0.4, 0.5) is 0 Å². The molecule has 3 aromatic rings. The van der Waals surface area contributed by atoms with Crippen molar-refractivity contribution < 1.29 is 4.79 Å².